The molecule has 0 spiro atoms. The molecule has 5 aromatic carbocycles. The standard InChI is InChI=1S/C31H24ClN7O16S5.4Na/c32-29-35-30(33-18-5-3-6-19(14-18)56(41,42)11-10-55-60(52,53)54)37-31(36-29)34-23-15-20(57(43,44)45)12-17-13-24(58(46,47)48)26(27(40)25(17)23)39-38-22-9-8-16-4-1-2-7-21(16)28(22)59(49,50)51;;;;/h1-9,12-15,40H,10-11H2,(H,43,44,45)(H,46,47,48)(H,49,50,51)(H,52,53,54)(H2,33,34,35,36,37);;;;/q;4*+1/p-4. The number of rotatable bonds is 14. The van der Waals surface area contributed by atoms with Crippen molar-refractivity contribution in [2.24, 2.45) is 10.2 Å². The number of hydrogen-bond donors (Lipinski definition) is 3. The summed E-state index contributed by atoms with van der Waals surface area (Å²) in [6, 6.07) is 14.7. The third-order valence-corrected chi connectivity index (χ3v) is 12.8. The third-order valence-electron chi connectivity index (χ3n) is 7.93. The van der Waals surface area contributed by atoms with Crippen LogP contribution in [0.5, 0.6) is 5.75 Å². The maximum absolute atomic E-state index is 12.7. The average Bonchev–Trinajstić information content (AvgIpc) is 3.12. The van der Waals surface area contributed by atoms with Crippen LogP contribution in [-0.2, 0) is 54.8 Å². The predicted octanol–water partition coefficient (Wildman–Crippen LogP) is -8.58. The second-order valence-electron chi connectivity index (χ2n) is 11.9. The van der Waals surface area contributed by atoms with Crippen molar-refractivity contribution in [1.82, 2.24) is 15.0 Å². The van der Waals surface area contributed by atoms with Gasteiger partial charge in [0.2, 0.25) is 27.6 Å². The molecule has 1 aromatic heterocycles. The molecule has 23 nitrogen and oxygen atoms in total. The number of phenolic OH excluding ortho intramolecular Hbond substituents is 1. The zero-order valence-electron chi connectivity index (χ0n) is 33.1. The minimum Gasteiger partial charge on any atom is -0.744 e. The number of fused-ring (bicyclic) bond motifs is 2. The maximum Gasteiger partial charge on any atom is 1.00 e. The topological polar surface area (TPSA) is 380 Å². The van der Waals surface area contributed by atoms with Gasteiger partial charge >= 0.3 is 118 Å². The first kappa shape index (κ1) is 58.6. The molecule has 0 saturated carbocycles. The molecule has 6 aromatic rings. The first-order valence-electron chi connectivity index (χ1n) is 15.8. The van der Waals surface area contributed by atoms with Gasteiger partial charge in [0.25, 0.3) is 0 Å². The molecule has 0 aliphatic rings. The SMILES string of the molecule is O=S(=O)([O-])OCCS(=O)(=O)c1cccc(Nc2nc(Cl)nc(Nc3cc(S(=O)(=O)[O-])cc4cc(S(=O)(=O)[O-])c(N=Nc5ccc6ccccc6c5S(=O)(=O)[O-])c(O)c34)n2)c1.[Na+].[Na+].[Na+].[Na+]. The molecule has 3 N–H and O–H groups in total. The molecule has 64 heavy (non-hydrogen) atoms. The minimum atomic E-state index is -5.64. The van der Waals surface area contributed by atoms with Crippen LogP contribution >= 0.6 is 11.6 Å². The molecule has 6 rings (SSSR count). The van der Waals surface area contributed by atoms with E-state index in [2.05, 4.69) is 40.0 Å². The van der Waals surface area contributed by atoms with Crippen molar-refractivity contribution < 1.29 is 188 Å². The zero-order valence-corrected chi connectivity index (χ0v) is 46.0. The maximum atomic E-state index is 12.7. The molecule has 0 radical (unpaired) electrons. The van der Waals surface area contributed by atoms with Gasteiger partial charge in [-0.25, -0.2) is 42.1 Å². The van der Waals surface area contributed by atoms with Crippen LogP contribution in [-0.4, -0.2) is 92.7 Å². The number of phenols is 1. The number of nitrogens with zero attached hydrogens (tertiary/aromatic N) is 5. The Morgan fingerprint density at radius 2 is 1.30 bits per heavy atom. The van der Waals surface area contributed by atoms with Gasteiger partial charge in [-0.1, -0.05) is 36.4 Å². The summed E-state index contributed by atoms with van der Waals surface area (Å²) >= 11 is 6.09. The number of sulfone groups is 1. The van der Waals surface area contributed by atoms with Gasteiger partial charge in [-0.05, 0) is 64.8 Å². The van der Waals surface area contributed by atoms with Crippen LogP contribution in [0.4, 0.5) is 34.6 Å². The monoisotopic (exact) mass is 1030 g/mol. The second kappa shape index (κ2) is 22.7. The average molecular weight is 1030 g/mol. The molecule has 0 bridgehead atoms. The van der Waals surface area contributed by atoms with Gasteiger partial charge in [-0.15, -0.1) is 10.2 Å². The van der Waals surface area contributed by atoms with Crippen molar-refractivity contribution in [1.29, 1.82) is 0 Å². The Bertz CT molecular complexity index is 3380. The number of hydrogen-bond acceptors (Lipinski definition) is 23. The van der Waals surface area contributed by atoms with E-state index in [0.29, 0.717) is 23.6 Å². The Kier molecular flexibility index (Phi) is 20.8. The van der Waals surface area contributed by atoms with E-state index in [-0.39, 0.29) is 134 Å². The molecule has 0 fully saturated rings. The van der Waals surface area contributed by atoms with E-state index in [9.17, 15) is 65.4 Å². The number of nitrogens with one attached hydrogen (secondary N) is 2. The Labute approximate surface area is 457 Å². The van der Waals surface area contributed by atoms with E-state index < -0.39 is 128 Å². The van der Waals surface area contributed by atoms with Gasteiger partial charge in [-0.3, -0.25) is 4.18 Å². The Morgan fingerprint density at radius 1 is 0.656 bits per heavy atom. The first-order valence-corrected chi connectivity index (χ1v) is 23.4. The third kappa shape index (κ3) is 14.5. The van der Waals surface area contributed by atoms with E-state index >= 15 is 0 Å². The smallest absolute Gasteiger partial charge is 0.744 e. The number of aromatic hydroxyl groups is 1. The van der Waals surface area contributed by atoms with Crippen LogP contribution in [0.1, 0.15) is 0 Å². The second-order valence-corrected chi connectivity index (χ2v) is 19.5. The van der Waals surface area contributed by atoms with E-state index in [1.165, 1.54) is 36.4 Å². The summed E-state index contributed by atoms with van der Waals surface area (Å²) in [5.41, 5.74) is -2.32. The zero-order chi connectivity index (χ0) is 44.0. The van der Waals surface area contributed by atoms with Crippen molar-refractivity contribution in [2.75, 3.05) is 23.0 Å². The van der Waals surface area contributed by atoms with Crippen LogP contribution in [0.25, 0.3) is 21.5 Å². The van der Waals surface area contributed by atoms with Gasteiger partial charge in [0, 0.05) is 16.5 Å². The van der Waals surface area contributed by atoms with Gasteiger partial charge in [0.1, 0.15) is 41.7 Å². The van der Waals surface area contributed by atoms with Crippen molar-refractivity contribution in [2.45, 2.75) is 19.6 Å². The fourth-order valence-corrected chi connectivity index (χ4v) is 9.19. The number of anilines is 4. The van der Waals surface area contributed by atoms with E-state index in [1.807, 2.05) is 0 Å². The molecule has 1 heterocycles. The van der Waals surface area contributed by atoms with Crippen LogP contribution in [0.15, 0.2) is 109 Å². The quantitative estimate of drug-likeness (QED) is 0.0395. The molecule has 0 aliphatic heterocycles. The van der Waals surface area contributed by atoms with Crippen molar-refractivity contribution >= 4 is 118 Å². The van der Waals surface area contributed by atoms with Gasteiger partial charge in [-0.2, -0.15) is 15.0 Å². The summed E-state index contributed by atoms with van der Waals surface area (Å²) in [6.07, 6.45) is 0. The molecule has 0 saturated heterocycles. The predicted molar refractivity (Wildman–Crippen MR) is 203 cm³/mol. The molecule has 316 valence electrons. The molecule has 0 unspecified atom stereocenters. The number of halogens is 1. The minimum absolute atomic E-state index is 0. The summed E-state index contributed by atoms with van der Waals surface area (Å²) in [4.78, 5) is 8.16. The van der Waals surface area contributed by atoms with Crippen molar-refractivity contribution in [3.8, 4) is 5.75 Å². The van der Waals surface area contributed by atoms with Crippen molar-refractivity contribution in [3.63, 3.8) is 0 Å². The summed E-state index contributed by atoms with van der Waals surface area (Å²) in [5.74, 6) is -3.09. The Morgan fingerprint density at radius 3 is 1.91 bits per heavy atom. The fourth-order valence-electron chi connectivity index (χ4n) is 5.51. The van der Waals surface area contributed by atoms with Gasteiger partial charge in [0.15, 0.2) is 15.6 Å². The molecule has 0 aliphatic carbocycles. The number of azo groups is 1. The van der Waals surface area contributed by atoms with Gasteiger partial charge in [0.05, 0.1) is 37.6 Å². The number of benzene rings is 5. The van der Waals surface area contributed by atoms with E-state index in [0.717, 1.165) is 18.2 Å². The van der Waals surface area contributed by atoms with Crippen LogP contribution < -0.4 is 129 Å². The van der Waals surface area contributed by atoms with Crippen LogP contribution in [0, 0.1) is 0 Å². The first-order chi connectivity index (χ1) is 27.8. The molecule has 33 heteroatoms. The molecular formula is C31H20ClN7Na4O16S5. The largest absolute Gasteiger partial charge is 1.00 e. The summed E-state index contributed by atoms with van der Waals surface area (Å²) in [5, 5.41) is 22.5. The Balaban J connectivity index is 0.00000352. The van der Waals surface area contributed by atoms with Crippen LogP contribution in [0.3, 0.4) is 0 Å². The number of aromatic nitrogens is 3. The fraction of sp³-hybridized carbons (Fsp3) is 0.0645. The van der Waals surface area contributed by atoms with E-state index in [1.54, 1.807) is 6.07 Å². The molecular weight excluding hydrogens is 1010 g/mol. The van der Waals surface area contributed by atoms with E-state index in [4.69, 9.17) is 11.6 Å². The summed E-state index contributed by atoms with van der Waals surface area (Å²) in [7, 11) is -25.7. The van der Waals surface area contributed by atoms with Gasteiger partial charge < -0.3 is 34.0 Å². The summed E-state index contributed by atoms with van der Waals surface area (Å²) < 4.78 is 172. The molecule has 0 amide bonds. The molecule has 0 atom stereocenters. The normalized spacial score (nSPS) is 12.1. The van der Waals surface area contributed by atoms with Crippen LogP contribution in [0.2, 0.25) is 5.28 Å². The Hall–Kier alpha value is -1.53. The van der Waals surface area contributed by atoms with Crippen molar-refractivity contribution in [3.05, 3.63) is 84.1 Å². The summed E-state index contributed by atoms with van der Waals surface area (Å²) in [6.45, 7) is -0.974.